The molecule has 0 spiro atoms. The van der Waals surface area contributed by atoms with Crippen LogP contribution in [0.1, 0.15) is 16.3 Å². The molecule has 20 heavy (non-hydrogen) atoms. The van der Waals surface area contributed by atoms with E-state index in [1.165, 1.54) is 10.4 Å². The molecule has 0 fully saturated rings. The molecular weight excluding hydrogens is 290 g/mol. The second-order valence-electron chi connectivity index (χ2n) is 4.17. The molecule has 0 aliphatic rings. The number of thioether (sulfide) groups is 1. The van der Waals surface area contributed by atoms with Crippen LogP contribution in [0.15, 0.2) is 51.7 Å². The Balaban J connectivity index is 1.50. The molecule has 0 aromatic carbocycles. The van der Waals surface area contributed by atoms with Crippen molar-refractivity contribution in [2.75, 3.05) is 5.75 Å². The van der Waals surface area contributed by atoms with Gasteiger partial charge < -0.3 is 4.42 Å². The van der Waals surface area contributed by atoms with Crippen molar-refractivity contribution in [1.29, 1.82) is 0 Å². The van der Waals surface area contributed by atoms with Gasteiger partial charge in [0.2, 0.25) is 5.89 Å². The van der Waals surface area contributed by atoms with Crippen LogP contribution in [0.5, 0.6) is 0 Å². The number of aromatic nitrogens is 3. The minimum atomic E-state index is 0.644. The van der Waals surface area contributed by atoms with Crippen LogP contribution in [-0.4, -0.2) is 20.9 Å². The summed E-state index contributed by atoms with van der Waals surface area (Å²) >= 11 is 3.29. The van der Waals surface area contributed by atoms with Gasteiger partial charge >= 0.3 is 0 Å². The highest BCUT2D eigenvalue weighted by molar-refractivity contribution is 7.99. The molecule has 0 bridgehead atoms. The van der Waals surface area contributed by atoms with E-state index in [9.17, 15) is 0 Å². The van der Waals surface area contributed by atoms with Gasteiger partial charge in [0.25, 0.3) is 5.22 Å². The lowest BCUT2D eigenvalue weighted by Gasteiger charge is -1.97. The lowest BCUT2D eigenvalue weighted by Crippen LogP contribution is -1.88. The van der Waals surface area contributed by atoms with Gasteiger partial charge in [0.15, 0.2) is 0 Å². The van der Waals surface area contributed by atoms with Crippen LogP contribution in [0.4, 0.5) is 0 Å². The Morgan fingerprint density at radius 2 is 2.05 bits per heavy atom. The molecule has 0 saturated heterocycles. The second kappa shape index (κ2) is 6.67. The van der Waals surface area contributed by atoms with Crippen molar-refractivity contribution < 1.29 is 4.42 Å². The molecule has 0 aliphatic carbocycles. The number of thiophene rings is 1. The first-order valence-electron chi connectivity index (χ1n) is 6.26. The fourth-order valence-electron chi connectivity index (χ4n) is 1.74. The van der Waals surface area contributed by atoms with Crippen molar-refractivity contribution in [2.45, 2.75) is 18.1 Å². The Labute approximate surface area is 125 Å². The molecule has 102 valence electrons. The van der Waals surface area contributed by atoms with Gasteiger partial charge in [0, 0.05) is 23.0 Å². The molecule has 0 atom stereocenters. The van der Waals surface area contributed by atoms with Crippen molar-refractivity contribution in [2.24, 2.45) is 0 Å². The van der Waals surface area contributed by atoms with E-state index in [-0.39, 0.29) is 0 Å². The van der Waals surface area contributed by atoms with Gasteiger partial charge in [-0.2, -0.15) is 0 Å². The zero-order valence-electron chi connectivity index (χ0n) is 10.7. The van der Waals surface area contributed by atoms with E-state index in [2.05, 4.69) is 26.6 Å². The van der Waals surface area contributed by atoms with Crippen LogP contribution in [0, 0.1) is 0 Å². The maximum atomic E-state index is 5.63. The van der Waals surface area contributed by atoms with Crippen molar-refractivity contribution in [1.82, 2.24) is 15.2 Å². The lowest BCUT2D eigenvalue weighted by atomic mass is 10.2. The summed E-state index contributed by atoms with van der Waals surface area (Å²) in [5.41, 5.74) is 1.27. The molecule has 0 amide bonds. The van der Waals surface area contributed by atoms with Crippen LogP contribution in [0.25, 0.3) is 0 Å². The number of pyridine rings is 1. The minimum absolute atomic E-state index is 0.644. The van der Waals surface area contributed by atoms with E-state index in [0.717, 1.165) is 18.6 Å². The first kappa shape index (κ1) is 13.3. The molecule has 0 aliphatic heterocycles. The first-order valence-corrected chi connectivity index (χ1v) is 8.13. The van der Waals surface area contributed by atoms with Crippen LogP contribution >= 0.6 is 23.1 Å². The minimum Gasteiger partial charge on any atom is -0.416 e. The summed E-state index contributed by atoms with van der Waals surface area (Å²) in [6.07, 6.45) is 5.31. The standard InChI is InChI=1S/C14H13N3OS2/c1-2-12(19-8-1)10-13-16-17-14(18-13)20-9-5-11-3-6-15-7-4-11/h1-4,6-8H,5,9-10H2. The zero-order chi connectivity index (χ0) is 13.6. The molecule has 3 aromatic rings. The summed E-state index contributed by atoms with van der Waals surface area (Å²) in [6.45, 7) is 0. The highest BCUT2D eigenvalue weighted by atomic mass is 32.2. The number of hydrogen-bond acceptors (Lipinski definition) is 6. The molecule has 0 saturated carbocycles. The van der Waals surface area contributed by atoms with Crippen molar-refractivity contribution in [3.63, 3.8) is 0 Å². The van der Waals surface area contributed by atoms with Crippen LogP contribution in [0.2, 0.25) is 0 Å². The number of hydrogen-bond donors (Lipinski definition) is 0. The highest BCUT2D eigenvalue weighted by Crippen LogP contribution is 2.20. The van der Waals surface area contributed by atoms with Crippen LogP contribution in [0.3, 0.4) is 0 Å². The molecule has 4 nitrogen and oxygen atoms in total. The average molecular weight is 303 g/mol. The quantitative estimate of drug-likeness (QED) is 0.653. The largest absolute Gasteiger partial charge is 0.416 e. The normalized spacial score (nSPS) is 10.8. The summed E-state index contributed by atoms with van der Waals surface area (Å²) in [7, 11) is 0. The SMILES string of the molecule is c1csc(Cc2nnc(SCCc3ccncc3)o2)c1. The van der Waals surface area contributed by atoms with Crippen molar-refractivity contribution >= 4 is 23.1 Å². The third-order valence-electron chi connectivity index (χ3n) is 2.72. The fourth-order valence-corrected chi connectivity index (χ4v) is 3.20. The van der Waals surface area contributed by atoms with Crippen molar-refractivity contribution in [3.05, 3.63) is 58.4 Å². The predicted molar refractivity (Wildman–Crippen MR) is 80.1 cm³/mol. The maximum Gasteiger partial charge on any atom is 0.276 e. The number of nitrogens with zero attached hydrogens (tertiary/aromatic N) is 3. The Hall–Kier alpha value is -1.66. The molecule has 0 N–H and O–H groups in total. The van der Waals surface area contributed by atoms with Gasteiger partial charge in [-0.25, -0.2) is 0 Å². The summed E-state index contributed by atoms with van der Waals surface area (Å²) < 4.78 is 5.63. The summed E-state index contributed by atoms with van der Waals surface area (Å²) in [5.74, 6) is 1.60. The topological polar surface area (TPSA) is 51.8 Å². The maximum absolute atomic E-state index is 5.63. The second-order valence-corrected chi connectivity index (χ2v) is 6.25. The third kappa shape index (κ3) is 3.68. The average Bonchev–Trinajstić information content (AvgIpc) is 3.13. The van der Waals surface area contributed by atoms with E-state index in [1.807, 2.05) is 30.6 Å². The Morgan fingerprint density at radius 1 is 1.15 bits per heavy atom. The van der Waals surface area contributed by atoms with Gasteiger partial charge in [-0.15, -0.1) is 21.5 Å². The first-order chi connectivity index (χ1) is 9.90. The molecular formula is C14H13N3OS2. The molecule has 0 radical (unpaired) electrons. The predicted octanol–water partition coefficient (Wildman–Crippen LogP) is 3.45. The van der Waals surface area contributed by atoms with E-state index < -0.39 is 0 Å². The van der Waals surface area contributed by atoms with E-state index in [0.29, 0.717) is 11.1 Å². The van der Waals surface area contributed by atoms with E-state index in [4.69, 9.17) is 4.42 Å². The van der Waals surface area contributed by atoms with Crippen molar-refractivity contribution in [3.8, 4) is 0 Å². The van der Waals surface area contributed by atoms with E-state index >= 15 is 0 Å². The number of rotatable bonds is 6. The van der Waals surface area contributed by atoms with E-state index in [1.54, 1.807) is 23.1 Å². The van der Waals surface area contributed by atoms with Gasteiger partial charge in [-0.05, 0) is 35.6 Å². The molecule has 0 unspecified atom stereocenters. The van der Waals surface area contributed by atoms with Gasteiger partial charge in [0.1, 0.15) is 0 Å². The zero-order valence-corrected chi connectivity index (χ0v) is 12.4. The van der Waals surface area contributed by atoms with Gasteiger partial charge in [0.05, 0.1) is 6.42 Å². The summed E-state index contributed by atoms with van der Waals surface area (Å²) in [6, 6.07) is 8.15. The fraction of sp³-hybridized carbons (Fsp3) is 0.214. The monoisotopic (exact) mass is 303 g/mol. The molecule has 3 heterocycles. The van der Waals surface area contributed by atoms with Crippen LogP contribution < -0.4 is 0 Å². The smallest absolute Gasteiger partial charge is 0.276 e. The summed E-state index contributed by atoms with van der Waals surface area (Å²) in [5, 5.41) is 10.8. The highest BCUT2D eigenvalue weighted by Gasteiger charge is 2.08. The molecule has 3 rings (SSSR count). The van der Waals surface area contributed by atoms with Gasteiger partial charge in [-0.3, -0.25) is 4.98 Å². The van der Waals surface area contributed by atoms with Gasteiger partial charge in [-0.1, -0.05) is 17.8 Å². The summed E-state index contributed by atoms with van der Waals surface area (Å²) in [4.78, 5) is 5.24. The third-order valence-corrected chi connectivity index (χ3v) is 4.42. The van der Waals surface area contributed by atoms with Crippen LogP contribution in [-0.2, 0) is 12.8 Å². The molecule has 3 aromatic heterocycles. The molecule has 6 heteroatoms. The Kier molecular flexibility index (Phi) is 4.45. The number of aryl methyl sites for hydroxylation is 1. The lowest BCUT2D eigenvalue weighted by molar-refractivity contribution is 0.421. The Bertz CT molecular complexity index is 638. The Morgan fingerprint density at radius 3 is 2.85 bits per heavy atom.